The first-order chi connectivity index (χ1) is 12.0. The van der Waals surface area contributed by atoms with Crippen LogP contribution >= 0.6 is 15.9 Å². The molecule has 0 aliphatic carbocycles. The van der Waals surface area contributed by atoms with Crippen molar-refractivity contribution in [2.45, 2.75) is 32.3 Å². The second-order valence-electron chi connectivity index (χ2n) is 6.22. The number of hydrogen-bond acceptors (Lipinski definition) is 4. The number of amides is 1. The summed E-state index contributed by atoms with van der Waals surface area (Å²) >= 11 is 3.41. The minimum Gasteiger partial charge on any atom is -0.488 e. The van der Waals surface area contributed by atoms with Crippen LogP contribution in [0.25, 0.3) is 0 Å². The van der Waals surface area contributed by atoms with Gasteiger partial charge in [-0.3, -0.25) is 4.79 Å². The van der Waals surface area contributed by atoms with Crippen LogP contribution in [0.1, 0.15) is 24.2 Å². The number of aryl methyl sites for hydroxylation is 2. The quantitative estimate of drug-likeness (QED) is 0.765. The van der Waals surface area contributed by atoms with Gasteiger partial charge in [-0.25, -0.2) is 4.79 Å². The molecule has 0 N–H and O–H groups in total. The zero-order chi connectivity index (χ0) is 17.8. The third-order valence-corrected chi connectivity index (χ3v) is 4.74. The highest BCUT2D eigenvalue weighted by atomic mass is 79.9. The van der Waals surface area contributed by atoms with Crippen molar-refractivity contribution in [2.24, 2.45) is 0 Å². The van der Waals surface area contributed by atoms with Crippen molar-refractivity contribution in [2.75, 3.05) is 13.1 Å². The van der Waals surface area contributed by atoms with Crippen molar-refractivity contribution in [3.05, 3.63) is 62.6 Å². The summed E-state index contributed by atoms with van der Waals surface area (Å²) in [6.07, 6.45) is 1.90. The van der Waals surface area contributed by atoms with E-state index in [0.717, 1.165) is 22.9 Å². The molecule has 1 aromatic carbocycles. The normalized spacial score (nSPS) is 16.9. The average molecular weight is 406 g/mol. The number of hydrogen-bond donors (Lipinski definition) is 0. The number of rotatable bonds is 5. The number of ether oxygens (including phenoxy) is 1. The maximum Gasteiger partial charge on any atom is 0.339 e. The standard InChI is InChI=1S/C19H20BrNO4/c1-13-10-17(11-19(23)24-13)25-16-8-9-21(12-16)18(22)7-4-14-2-5-15(20)6-3-14/h2-3,5-6,10-11,16H,4,7-9,12H2,1H3. The van der Waals surface area contributed by atoms with Gasteiger partial charge in [0.05, 0.1) is 12.6 Å². The highest BCUT2D eigenvalue weighted by molar-refractivity contribution is 9.10. The molecular formula is C19H20BrNO4. The Kier molecular flexibility index (Phi) is 5.58. The van der Waals surface area contributed by atoms with Gasteiger partial charge in [0.1, 0.15) is 17.6 Å². The Labute approximate surface area is 154 Å². The lowest BCUT2D eigenvalue weighted by molar-refractivity contribution is -0.130. The average Bonchev–Trinajstić information content (AvgIpc) is 3.01. The summed E-state index contributed by atoms with van der Waals surface area (Å²) in [7, 11) is 0. The number of likely N-dealkylation sites (tertiary alicyclic amines) is 1. The molecule has 3 rings (SSSR count). The van der Waals surface area contributed by atoms with E-state index in [0.29, 0.717) is 31.0 Å². The maximum absolute atomic E-state index is 12.4. The molecule has 1 unspecified atom stereocenters. The lowest BCUT2D eigenvalue weighted by atomic mass is 10.1. The first-order valence-corrected chi connectivity index (χ1v) is 9.09. The zero-order valence-corrected chi connectivity index (χ0v) is 15.6. The van der Waals surface area contributed by atoms with Crippen molar-refractivity contribution >= 4 is 21.8 Å². The van der Waals surface area contributed by atoms with Crippen LogP contribution in [0, 0.1) is 6.92 Å². The molecule has 1 aliphatic rings. The molecule has 1 atom stereocenters. The van der Waals surface area contributed by atoms with Gasteiger partial charge in [-0.15, -0.1) is 0 Å². The third-order valence-electron chi connectivity index (χ3n) is 4.21. The number of carbonyl (C=O) groups is 1. The van der Waals surface area contributed by atoms with Gasteiger partial charge in [0, 0.05) is 29.9 Å². The van der Waals surface area contributed by atoms with Gasteiger partial charge in [-0.1, -0.05) is 28.1 Å². The molecule has 0 radical (unpaired) electrons. The second kappa shape index (κ2) is 7.87. The number of halogens is 1. The first kappa shape index (κ1) is 17.7. The van der Waals surface area contributed by atoms with Crippen molar-refractivity contribution in [1.29, 1.82) is 0 Å². The summed E-state index contributed by atoms with van der Waals surface area (Å²) < 4.78 is 11.8. The molecule has 1 saturated heterocycles. The molecule has 1 amide bonds. The van der Waals surface area contributed by atoms with E-state index in [1.54, 1.807) is 13.0 Å². The lowest BCUT2D eigenvalue weighted by Gasteiger charge is -2.17. The van der Waals surface area contributed by atoms with E-state index in [1.807, 2.05) is 29.2 Å². The second-order valence-corrected chi connectivity index (χ2v) is 7.13. The molecule has 0 bridgehead atoms. The summed E-state index contributed by atoms with van der Waals surface area (Å²) in [4.78, 5) is 25.6. The van der Waals surface area contributed by atoms with Crippen molar-refractivity contribution in [3.63, 3.8) is 0 Å². The van der Waals surface area contributed by atoms with E-state index in [9.17, 15) is 9.59 Å². The van der Waals surface area contributed by atoms with Gasteiger partial charge < -0.3 is 14.1 Å². The van der Waals surface area contributed by atoms with Crippen LogP contribution in [0.3, 0.4) is 0 Å². The van der Waals surface area contributed by atoms with E-state index in [1.165, 1.54) is 6.07 Å². The molecule has 0 spiro atoms. The van der Waals surface area contributed by atoms with Gasteiger partial charge in [-0.05, 0) is 31.0 Å². The molecule has 25 heavy (non-hydrogen) atoms. The summed E-state index contributed by atoms with van der Waals surface area (Å²) in [5, 5.41) is 0. The monoisotopic (exact) mass is 405 g/mol. The van der Waals surface area contributed by atoms with Gasteiger partial charge in [0.15, 0.2) is 0 Å². The Morgan fingerprint density at radius 3 is 2.80 bits per heavy atom. The minimum absolute atomic E-state index is 0.0853. The Morgan fingerprint density at radius 1 is 1.32 bits per heavy atom. The Hall–Kier alpha value is -2.08. The van der Waals surface area contributed by atoms with Crippen molar-refractivity contribution < 1.29 is 13.9 Å². The number of benzene rings is 1. The van der Waals surface area contributed by atoms with E-state index in [4.69, 9.17) is 9.15 Å². The zero-order valence-electron chi connectivity index (χ0n) is 14.0. The summed E-state index contributed by atoms with van der Waals surface area (Å²) in [6, 6.07) is 11.0. The van der Waals surface area contributed by atoms with Gasteiger partial charge >= 0.3 is 5.63 Å². The SMILES string of the molecule is Cc1cc(OC2CCN(C(=O)CCc3ccc(Br)cc3)C2)cc(=O)o1. The maximum atomic E-state index is 12.4. The third kappa shape index (κ3) is 4.95. The predicted octanol–water partition coefficient (Wildman–Crippen LogP) is 3.32. The number of carbonyl (C=O) groups excluding carboxylic acids is 1. The van der Waals surface area contributed by atoms with Crippen molar-refractivity contribution in [1.82, 2.24) is 4.90 Å². The molecule has 1 aliphatic heterocycles. The highest BCUT2D eigenvalue weighted by Crippen LogP contribution is 2.19. The molecule has 2 aromatic rings. The van der Waals surface area contributed by atoms with E-state index >= 15 is 0 Å². The van der Waals surface area contributed by atoms with Crippen LogP contribution in [0.4, 0.5) is 0 Å². The van der Waals surface area contributed by atoms with E-state index in [-0.39, 0.29) is 12.0 Å². The Morgan fingerprint density at radius 2 is 2.08 bits per heavy atom. The molecule has 5 nitrogen and oxygen atoms in total. The Balaban J connectivity index is 1.50. The van der Waals surface area contributed by atoms with E-state index < -0.39 is 5.63 Å². The van der Waals surface area contributed by atoms with Crippen LogP contribution in [0.5, 0.6) is 5.75 Å². The van der Waals surface area contributed by atoms with Crippen molar-refractivity contribution in [3.8, 4) is 5.75 Å². The fraction of sp³-hybridized carbons (Fsp3) is 0.368. The smallest absolute Gasteiger partial charge is 0.339 e. The van der Waals surface area contributed by atoms with Crippen LogP contribution in [0.2, 0.25) is 0 Å². The number of nitrogens with zero attached hydrogens (tertiary/aromatic N) is 1. The van der Waals surface area contributed by atoms with Crippen LogP contribution in [-0.2, 0) is 11.2 Å². The summed E-state index contributed by atoms with van der Waals surface area (Å²) in [5.74, 6) is 1.16. The lowest BCUT2D eigenvalue weighted by Crippen LogP contribution is -2.31. The highest BCUT2D eigenvalue weighted by Gasteiger charge is 2.27. The fourth-order valence-electron chi connectivity index (χ4n) is 2.95. The van der Waals surface area contributed by atoms with E-state index in [2.05, 4.69) is 15.9 Å². The molecule has 1 fully saturated rings. The minimum atomic E-state index is -0.421. The van der Waals surface area contributed by atoms with Crippen LogP contribution < -0.4 is 10.4 Å². The molecular weight excluding hydrogens is 386 g/mol. The largest absolute Gasteiger partial charge is 0.488 e. The molecule has 1 aromatic heterocycles. The predicted molar refractivity (Wildman–Crippen MR) is 97.8 cm³/mol. The van der Waals surface area contributed by atoms with Crippen LogP contribution in [0.15, 0.2) is 50.1 Å². The van der Waals surface area contributed by atoms with Gasteiger partial charge in [0.2, 0.25) is 5.91 Å². The van der Waals surface area contributed by atoms with Gasteiger partial charge in [0.25, 0.3) is 0 Å². The van der Waals surface area contributed by atoms with Gasteiger partial charge in [-0.2, -0.15) is 0 Å². The fourth-order valence-corrected chi connectivity index (χ4v) is 3.21. The molecule has 2 heterocycles. The molecule has 6 heteroatoms. The summed E-state index contributed by atoms with van der Waals surface area (Å²) in [5.41, 5.74) is 0.727. The molecule has 0 saturated carbocycles. The van der Waals surface area contributed by atoms with Crippen LogP contribution in [-0.4, -0.2) is 30.0 Å². The molecule has 132 valence electrons. The first-order valence-electron chi connectivity index (χ1n) is 8.30. The summed E-state index contributed by atoms with van der Waals surface area (Å²) in [6.45, 7) is 2.95. The topological polar surface area (TPSA) is 59.8 Å². The Bertz CT molecular complexity index is 800.